The van der Waals surface area contributed by atoms with Crippen molar-refractivity contribution in [3.63, 3.8) is 0 Å². The third-order valence-electron chi connectivity index (χ3n) is 2.87. The lowest BCUT2D eigenvalue weighted by Gasteiger charge is -2.14. The van der Waals surface area contributed by atoms with Gasteiger partial charge in [-0.25, -0.2) is 13.2 Å². The minimum atomic E-state index is -1.61. The molecule has 0 radical (unpaired) electrons. The average Bonchev–Trinajstić information content (AvgIpc) is 2.83. The van der Waals surface area contributed by atoms with Crippen molar-refractivity contribution in [1.29, 1.82) is 0 Å². The van der Waals surface area contributed by atoms with E-state index >= 15 is 0 Å². The fraction of sp³-hybridized carbons (Fsp3) is 0.286. The number of carbonyl (C=O) groups is 1. The van der Waals surface area contributed by atoms with Crippen LogP contribution in [-0.2, 0) is 5.41 Å². The maximum atomic E-state index is 13.1. The Labute approximate surface area is 119 Å². The number of nitrogens with one attached hydrogen (secondary N) is 2. The summed E-state index contributed by atoms with van der Waals surface area (Å²) in [6.45, 7) is 5.87. The molecule has 0 aliphatic carbocycles. The average molecular weight is 297 g/mol. The molecule has 1 aromatic carbocycles. The summed E-state index contributed by atoms with van der Waals surface area (Å²) < 4.78 is 39.0. The Morgan fingerprint density at radius 3 is 2.19 bits per heavy atom. The molecule has 0 aliphatic heterocycles. The van der Waals surface area contributed by atoms with E-state index in [0.717, 1.165) is 5.69 Å². The van der Waals surface area contributed by atoms with Crippen LogP contribution < -0.4 is 5.32 Å². The van der Waals surface area contributed by atoms with Gasteiger partial charge in [0.2, 0.25) is 0 Å². The fourth-order valence-electron chi connectivity index (χ4n) is 1.65. The van der Waals surface area contributed by atoms with E-state index in [1.807, 2.05) is 20.8 Å². The largest absolute Gasteiger partial charge is 0.305 e. The van der Waals surface area contributed by atoms with E-state index in [9.17, 15) is 18.0 Å². The number of hydrogen-bond acceptors (Lipinski definition) is 2. The number of anilines is 1. The highest BCUT2D eigenvalue weighted by Crippen LogP contribution is 2.22. The Bertz CT molecular complexity index is 666. The topological polar surface area (TPSA) is 57.8 Å². The van der Waals surface area contributed by atoms with Gasteiger partial charge in [-0.3, -0.25) is 9.89 Å². The monoisotopic (exact) mass is 297 g/mol. The minimum absolute atomic E-state index is 0.190. The van der Waals surface area contributed by atoms with Crippen molar-refractivity contribution in [3.05, 3.63) is 46.9 Å². The third kappa shape index (κ3) is 3.24. The van der Waals surface area contributed by atoms with Gasteiger partial charge in [0.15, 0.2) is 23.3 Å². The van der Waals surface area contributed by atoms with E-state index in [1.54, 1.807) is 6.07 Å². The summed E-state index contributed by atoms with van der Waals surface area (Å²) in [4.78, 5) is 11.9. The van der Waals surface area contributed by atoms with Gasteiger partial charge in [-0.2, -0.15) is 5.10 Å². The second-order valence-electron chi connectivity index (χ2n) is 5.62. The molecule has 1 amide bonds. The Hall–Kier alpha value is -2.31. The second-order valence-corrected chi connectivity index (χ2v) is 5.62. The van der Waals surface area contributed by atoms with Crippen molar-refractivity contribution in [1.82, 2.24) is 10.2 Å². The molecule has 112 valence electrons. The van der Waals surface area contributed by atoms with Crippen LogP contribution in [0.4, 0.5) is 19.0 Å². The van der Waals surface area contributed by atoms with E-state index in [4.69, 9.17) is 0 Å². The summed E-state index contributed by atoms with van der Waals surface area (Å²) in [6, 6.07) is 2.88. The smallest absolute Gasteiger partial charge is 0.257 e. The van der Waals surface area contributed by atoms with Gasteiger partial charge in [0.05, 0.1) is 0 Å². The number of hydrogen-bond donors (Lipinski definition) is 2. The molecule has 0 unspecified atom stereocenters. The van der Waals surface area contributed by atoms with Gasteiger partial charge in [0, 0.05) is 22.7 Å². The molecular formula is C14H14F3N3O. The minimum Gasteiger partial charge on any atom is -0.305 e. The fourth-order valence-corrected chi connectivity index (χ4v) is 1.65. The van der Waals surface area contributed by atoms with E-state index < -0.39 is 23.4 Å². The van der Waals surface area contributed by atoms with Gasteiger partial charge in [0.25, 0.3) is 5.91 Å². The number of benzene rings is 1. The van der Waals surface area contributed by atoms with Crippen LogP contribution in [0.3, 0.4) is 0 Å². The predicted molar refractivity (Wildman–Crippen MR) is 71.6 cm³/mol. The van der Waals surface area contributed by atoms with Gasteiger partial charge in [0.1, 0.15) is 0 Å². The molecule has 0 fully saturated rings. The zero-order chi connectivity index (χ0) is 15.8. The summed E-state index contributed by atoms with van der Waals surface area (Å²) in [5, 5.41) is 9.04. The van der Waals surface area contributed by atoms with Gasteiger partial charge in [-0.15, -0.1) is 0 Å². The standard InChI is InChI=1S/C14H14F3N3O/c1-14(2,3)10-6-11(20-19-10)18-13(21)7-4-8(15)12(17)9(16)5-7/h4-6H,1-3H3,(H2,18,19,20,21). The number of H-pyrrole nitrogens is 1. The molecule has 2 N–H and O–H groups in total. The zero-order valence-corrected chi connectivity index (χ0v) is 11.7. The molecule has 1 aromatic heterocycles. The molecule has 0 saturated heterocycles. The van der Waals surface area contributed by atoms with Crippen molar-refractivity contribution in [2.24, 2.45) is 0 Å². The highest BCUT2D eigenvalue weighted by molar-refractivity contribution is 6.03. The Morgan fingerprint density at radius 2 is 1.71 bits per heavy atom. The normalized spacial score (nSPS) is 11.5. The van der Waals surface area contributed by atoms with Crippen LogP contribution in [0.2, 0.25) is 0 Å². The lowest BCUT2D eigenvalue weighted by Crippen LogP contribution is -2.13. The van der Waals surface area contributed by atoms with Crippen LogP contribution in [0.5, 0.6) is 0 Å². The highest BCUT2D eigenvalue weighted by Gasteiger charge is 2.19. The van der Waals surface area contributed by atoms with Crippen molar-refractivity contribution in [2.45, 2.75) is 26.2 Å². The first-order valence-corrected chi connectivity index (χ1v) is 6.20. The molecule has 0 atom stereocenters. The summed E-state index contributed by atoms with van der Waals surface area (Å²) in [6.07, 6.45) is 0. The number of carbonyl (C=O) groups excluding carboxylic acids is 1. The molecule has 0 saturated carbocycles. The Balaban J connectivity index is 2.20. The second kappa shape index (κ2) is 5.23. The molecule has 0 aliphatic rings. The van der Waals surface area contributed by atoms with E-state index in [0.29, 0.717) is 12.1 Å². The number of aromatic nitrogens is 2. The lowest BCUT2D eigenvalue weighted by molar-refractivity contribution is 0.102. The summed E-state index contributed by atoms with van der Waals surface area (Å²) in [5.74, 6) is -5.01. The molecular weight excluding hydrogens is 283 g/mol. The van der Waals surface area contributed by atoms with Crippen molar-refractivity contribution < 1.29 is 18.0 Å². The predicted octanol–water partition coefficient (Wildman–Crippen LogP) is 3.38. The Morgan fingerprint density at radius 1 is 1.14 bits per heavy atom. The number of halogens is 3. The van der Waals surface area contributed by atoms with Crippen LogP contribution in [0, 0.1) is 17.5 Å². The van der Waals surface area contributed by atoms with Crippen molar-refractivity contribution >= 4 is 11.7 Å². The molecule has 2 rings (SSSR count). The lowest BCUT2D eigenvalue weighted by atomic mass is 9.92. The number of nitrogens with zero attached hydrogens (tertiary/aromatic N) is 1. The maximum absolute atomic E-state index is 13.1. The van der Waals surface area contributed by atoms with Crippen LogP contribution >= 0.6 is 0 Å². The summed E-state index contributed by atoms with van der Waals surface area (Å²) >= 11 is 0. The molecule has 7 heteroatoms. The summed E-state index contributed by atoms with van der Waals surface area (Å²) in [5.41, 5.74) is 0.269. The van der Waals surface area contributed by atoms with E-state index in [1.165, 1.54) is 0 Å². The molecule has 4 nitrogen and oxygen atoms in total. The zero-order valence-electron chi connectivity index (χ0n) is 11.7. The first kappa shape index (κ1) is 15.1. The first-order valence-electron chi connectivity index (χ1n) is 6.20. The van der Waals surface area contributed by atoms with Crippen LogP contribution in [0.15, 0.2) is 18.2 Å². The van der Waals surface area contributed by atoms with Gasteiger partial charge in [-0.1, -0.05) is 20.8 Å². The first-order chi connectivity index (χ1) is 9.68. The van der Waals surface area contributed by atoms with Crippen LogP contribution in [0.25, 0.3) is 0 Å². The molecule has 21 heavy (non-hydrogen) atoms. The SMILES string of the molecule is CC(C)(C)c1cc(NC(=O)c2cc(F)c(F)c(F)c2)n[nH]1. The van der Waals surface area contributed by atoms with E-state index in [2.05, 4.69) is 15.5 Å². The van der Waals surface area contributed by atoms with Gasteiger partial charge in [-0.05, 0) is 12.1 Å². The Kier molecular flexibility index (Phi) is 3.76. The number of amides is 1. The highest BCUT2D eigenvalue weighted by atomic mass is 19.2. The third-order valence-corrected chi connectivity index (χ3v) is 2.87. The maximum Gasteiger partial charge on any atom is 0.257 e. The van der Waals surface area contributed by atoms with Crippen molar-refractivity contribution in [3.8, 4) is 0 Å². The van der Waals surface area contributed by atoms with Crippen LogP contribution in [0.1, 0.15) is 36.8 Å². The van der Waals surface area contributed by atoms with E-state index in [-0.39, 0.29) is 16.8 Å². The molecule has 0 bridgehead atoms. The van der Waals surface area contributed by atoms with Gasteiger partial charge >= 0.3 is 0 Å². The quantitative estimate of drug-likeness (QED) is 0.835. The number of rotatable bonds is 2. The van der Waals surface area contributed by atoms with Crippen molar-refractivity contribution in [2.75, 3.05) is 5.32 Å². The van der Waals surface area contributed by atoms with Gasteiger partial charge < -0.3 is 5.32 Å². The number of aromatic amines is 1. The molecule has 0 spiro atoms. The molecule has 1 heterocycles. The van der Waals surface area contributed by atoms with Crippen LogP contribution in [-0.4, -0.2) is 16.1 Å². The molecule has 2 aromatic rings. The summed E-state index contributed by atoms with van der Waals surface area (Å²) in [7, 11) is 0.